The predicted molar refractivity (Wildman–Crippen MR) is 72.7 cm³/mol. The van der Waals surface area contributed by atoms with Crippen LogP contribution in [0.1, 0.15) is 11.3 Å². The molecular weight excluding hydrogens is 240 g/mol. The van der Waals surface area contributed by atoms with Gasteiger partial charge in [0.15, 0.2) is 0 Å². The second kappa shape index (κ2) is 5.20. The Hall–Kier alpha value is -2.20. The molecule has 0 amide bonds. The number of hydrogen-bond donors (Lipinski definition) is 1. The van der Waals surface area contributed by atoms with E-state index in [1.165, 1.54) is 0 Å². The molecule has 0 bridgehead atoms. The standard InChI is InChI=1S/C15H14N2O2/c18-11-9-17-15(13-6-3-4-8-16-13)12-5-1-2-7-14(12)19-10-11/h1-8,11,18H,9-10H2. The number of rotatable bonds is 1. The molecule has 1 N–H and O–H groups in total. The van der Waals surface area contributed by atoms with Gasteiger partial charge in [0.1, 0.15) is 18.5 Å². The molecule has 2 heterocycles. The minimum absolute atomic E-state index is 0.260. The molecular formula is C15H14N2O2. The van der Waals surface area contributed by atoms with Gasteiger partial charge in [0, 0.05) is 11.8 Å². The number of benzene rings is 1. The van der Waals surface area contributed by atoms with E-state index in [1.807, 2.05) is 42.5 Å². The van der Waals surface area contributed by atoms with E-state index in [1.54, 1.807) is 6.20 Å². The van der Waals surface area contributed by atoms with Crippen molar-refractivity contribution in [3.63, 3.8) is 0 Å². The molecule has 1 atom stereocenters. The van der Waals surface area contributed by atoms with Gasteiger partial charge in [-0.05, 0) is 24.3 Å². The van der Waals surface area contributed by atoms with Crippen LogP contribution in [0.5, 0.6) is 5.75 Å². The zero-order valence-corrected chi connectivity index (χ0v) is 10.4. The summed E-state index contributed by atoms with van der Waals surface area (Å²) in [7, 11) is 0. The summed E-state index contributed by atoms with van der Waals surface area (Å²) in [6.45, 7) is 0.580. The minimum Gasteiger partial charge on any atom is -0.490 e. The number of pyridine rings is 1. The van der Waals surface area contributed by atoms with Gasteiger partial charge in [0.2, 0.25) is 0 Å². The van der Waals surface area contributed by atoms with Crippen molar-refractivity contribution in [2.75, 3.05) is 13.2 Å². The molecule has 4 nitrogen and oxygen atoms in total. The molecule has 19 heavy (non-hydrogen) atoms. The highest BCUT2D eigenvalue weighted by molar-refractivity contribution is 6.13. The van der Waals surface area contributed by atoms with E-state index in [0.29, 0.717) is 6.54 Å². The molecule has 0 saturated heterocycles. The lowest BCUT2D eigenvalue weighted by atomic mass is 10.0. The van der Waals surface area contributed by atoms with Crippen LogP contribution in [-0.4, -0.2) is 35.1 Å². The number of nitrogens with zero attached hydrogens (tertiary/aromatic N) is 2. The molecule has 0 saturated carbocycles. The van der Waals surface area contributed by atoms with Gasteiger partial charge in [-0.15, -0.1) is 0 Å². The zero-order valence-electron chi connectivity index (χ0n) is 10.4. The van der Waals surface area contributed by atoms with Crippen LogP contribution in [0.25, 0.3) is 0 Å². The molecule has 0 radical (unpaired) electrons. The quantitative estimate of drug-likeness (QED) is 0.842. The van der Waals surface area contributed by atoms with Gasteiger partial charge in [0.25, 0.3) is 0 Å². The number of aliphatic hydroxyl groups is 1. The maximum absolute atomic E-state index is 9.75. The third-order valence-corrected chi connectivity index (χ3v) is 2.94. The third-order valence-electron chi connectivity index (χ3n) is 2.94. The normalized spacial score (nSPS) is 18.6. The van der Waals surface area contributed by atoms with Crippen molar-refractivity contribution in [3.05, 3.63) is 59.9 Å². The fraction of sp³-hybridized carbons (Fsp3) is 0.200. The third kappa shape index (κ3) is 2.48. The van der Waals surface area contributed by atoms with E-state index in [9.17, 15) is 5.11 Å². The monoisotopic (exact) mass is 254 g/mol. The van der Waals surface area contributed by atoms with Crippen molar-refractivity contribution in [1.29, 1.82) is 0 Å². The zero-order chi connectivity index (χ0) is 13.1. The molecule has 0 aliphatic carbocycles. The van der Waals surface area contributed by atoms with Crippen LogP contribution in [-0.2, 0) is 0 Å². The van der Waals surface area contributed by atoms with Crippen LogP contribution in [0.4, 0.5) is 0 Å². The summed E-state index contributed by atoms with van der Waals surface area (Å²) in [4.78, 5) is 8.83. The Morgan fingerprint density at radius 2 is 1.95 bits per heavy atom. The van der Waals surface area contributed by atoms with Gasteiger partial charge in [-0.2, -0.15) is 0 Å². The molecule has 1 aromatic heterocycles. The molecule has 0 fully saturated rings. The molecule has 3 rings (SSSR count). The highest BCUT2D eigenvalue weighted by Gasteiger charge is 2.17. The summed E-state index contributed by atoms with van der Waals surface area (Å²) < 4.78 is 5.63. The van der Waals surface area contributed by atoms with Crippen molar-refractivity contribution < 1.29 is 9.84 Å². The number of para-hydroxylation sites is 1. The SMILES string of the molecule is OC1CN=C(c2ccccn2)c2ccccc2OC1. The summed E-state index contributed by atoms with van der Waals surface area (Å²) in [5, 5.41) is 9.75. The van der Waals surface area contributed by atoms with E-state index in [-0.39, 0.29) is 6.61 Å². The highest BCUT2D eigenvalue weighted by atomic mass is 16.5. The van der Waals surface area contributed by atoms with Crippen LogP contribution in [0.3, 0.4) is 0 Å². The summed E-state index contributed by atoms with van der Waals surface area (Å²) >= 11 is 0. The molecule has 96 valence electrons. The first-order valence-electron chi connectivity index (χ1n) is 6.21. The molecule has 1 aromatic carbocycles. The summed E-state index contributed by atoms with van der Waals surface area (Å²) in [5.74, 6) is 0.727. The maximum Gasteiger partial charge on any atom is 0.128 e. The van der Waals surface area contributed by atoms with E-state index in [2.05, 4.69) is 9.98 Å². The molecule has 1 aliphatic heterocycles. The molecule has 4 heteroatoms. The Labute approximate surface area is 111 Å². The molecule has 1 unspecified atom stereocenters. The first-order chi connectivity index (χ1) is 9.34. The van der Waals surface area contributed by atoms with Gasteiger partial charge in [-0.3, -0.25) is 9.98 Å². The second-order valence-electron chi connectivity index (χ2n) is 4.37. The van der Waals surface area contributed by atoms with Gasteiger partial charge in [-0.25, -0.2) is 0 Å². The number of ether oxygens (including phenoxy) is 1. The van der Waals surface area contributed by atoms with Gasteiger partial charge >= 0.3 is 0 Å². The highest BCUT2D eigenvalue weighted by Crippen LogP contribution is 2.23. The topological polar surface area (TPSA) is 54.7 Å². The largest absolute Gasteiger partial charge is 0.490 e. The smallest absolute Gasteiger partial charge is 0.128 e. The second-order valence-corrected chi connectivity index (χ2v) is 4.37. The molecule has 2 aromatic rings. The van der Waals surface area contributed by atoms with Crippen LogP contribution in [0.2, 0.25) is 0 Å². The number of hydrogen-bond acceptors (Lipinski definition) is 4. The Bertz CT molecular complexity index is 596. The maximum atomic E-state index is 9.75. The van der Waals surface area contributed by atoms with E-state index in [4.69, 9.17) is 4.74 Å². The fourth-order valence-electron chi connectivity index (χ4n) is 2.03. The Morgan fingerprint density at radius 3 is 2.79 bits per heavy atom. The van der Waals surface area contributed by atoms with Crippen LogP contribution < -0.4 is 4.74 Å². The average Bonchev–Trinajstić information content (AvgIpc) is 2.45. The Morgan fingerprint density at radius 1 is 1.11 bits per heavy atom. The first kappa shape index (κ1) is 11.9. The fourth-order valence-corrected chi connectivity index (χ4v) is 2.03. The predicted octanol–water partition coefficient (Wildman–Crippen LogP) is 1.67. The Balaban J connectivity index is 2.12. The van der Waals surface area contributed by atoms with Gasteiger partial charge < -0.3 is 9.84 Å². The summed E-state index contributed by atoms with van der Waals surface area (Å²) in [6.07, 6.45) is 1.14. The Kier molecular flexibility index (Phi) is 3.25. The molecule has 0 spiro atoms. The van der Waals surface area contributed by atoms with Crippen LogP contribution >= 0.6 is 0 Å². The van der Waals surface area contributed by atoms with Crippen molar-refractivity contribution in [2.45, 2.75) is 6.10 Å². The number of aliphatic hydroxyl groups excluding tert-OH is 1. The minimum atomic E-state index is -0.591. The number of fused-ring (bicyclic) bond motifs is 1. The number of aliphatic imine (C=N–C) groups is 1. The summed E-state index contributed by atoms with van der Waals surface area (Å²) in [5.41, 5.74) is 2.45. The van der Waals surface area contributed by atoms with Crippen LogP contribution in [0.15, 0.2) is 53.7 Å². The van der Waals surface area contributed by atoms with E-state index >= 15 is 0 Å². The average molecular weight is 254 g/mol. The van der Waals surface area contributed by atoms with Crippen molar-refractivity contribution in [2.24, 2.45) is 4.99 Å². The van der Waals surface area contributed by atoms with Gasteiger partial charge in [0.05, 0.1) is 18.0 Å². The van der Waals surface area contributed by atoms with E-state index < -0.39 is 6.10 Å². The lowest BCUT2D eigenvalue weighted by Gasteiger charge is -2.18. The van der Waals surface area contributed by atoms with Crippen molar-refractivity contribution in [1.82, 2.24) is 4.98 Å². The first-order valence-corrected chi connectivity index (χ1v) is 6.21. The summed E-state index contributed by atoms with van der Waals surface area (Å²) in [6, 6.07) is 13.4. The van der Waals surface area contributed by atoms with Gasteiger partial charge in [-0.1, -0.05) is 18.2 Å². The van der Waals surface area contributed by atoms with E-state index in [0.717, 1.165) is 22.7 Å². The van der Waals surface area contributed by atoms with Crippen molar-refractivity contribution >= 4 is 5.71 Å². The lowest BCUT2D eigenvalue weighted by Crippen LogP contribution is -2.25. The molecule has 1 aliphatic rings. The number of aromatic nitrogens is 1. The lowest BCUT2D eigenvalue weighted by molar-refractivity contribution is 0.113. The van der Waals surface area contributed by atoms with Crippen LogP contribution in [0, 0.1) is 0 Å². The van der Waals surface area contributed by atoms with Crippen molar-refractivity contribution in [3.8, 4) is 5.75 Å².